The molecule has 2 aromatic heterocycles. The number of carbonyl (C=O) groups excluding carboxylic acids is 2. The summed E-state index contributed by atoms with van der Waals surface area (Å²) in [4.78, 5) is 47.7. The van der Waals surface area contributed by atoms with Gasteiger partial charge in [0.05, 0.1) is 10.3 Å². The third kappa shape index (κ3) is 4.28. The van der Waals surface area contributed by atoms with E-state index in [1.54, 1.807) is 6.92 Å². The van der Waals surface area contributed by atoms with Gasteiger partial charge in [0.25, 0.3) is 11.5 Å². The first-order valence-electron chi connectivity index (χ1n) is 10.1. The Morgan fingerprint density at radius 1 is 1.20 bits per heavy atom. The van der Waals surface area contributed by atoms with Crippen molar-refractivity contribution < 1.29 is 9.59 Å². The van der Waals surface area contributed by atoms with E-state index in [0.717, 1.165) is 31.5 Å². The van der Waals surface area contributed by atoms with Gasteiger partial charge < -0.3 is 15.2 Å². The molecule has 8 heteroatoms. The van der Waals surface area contributed by atoms with Crippen molar-refractivity contribution in [2.24, 2.45) is 0 Å². The maximum absolute atomic E-state index is 12.7. The first kappa shape index (κ1) is 20.3. The summed E-state index contributed by atoms with van der Waals surface area (Å²) in [6.07, 6.45) is 2.90. The van der Waals surface area contributed by atoms with Crippen LogP contribution < -0.4 is 10.9 Å². The second kappa shape index (κ2) is 8.79. The van der Waals surface area contributed by atoms with Crippen LogP contribution >= 0.6 is 11.3 Å². The van der Waals surface area contributed by atoms with Gasteiger partial charge in [-0.1, -0.05) is 30.3 Å². The summed E-state index contributed by atoms with van der Waals surface area (Å²) in [5.74, 6) is 0.376. The molecule has 0 spiro atoms. The number of hydrogen-bond donors (Lipinski definition) is 2. The fourth-order valence-electron chi connectivity index (χ4n) is 3.77. The minimum atomic E-state index is -0.270. The summed E-state index contributed by atoms with van der Waals surface area (Å²) in [6.45, 7) is 3.66. The molecule has 0 saturated carbocycles. The predicted octanol–water partition coefficient (Wildman–Crippen LogP) is 2.63. The van der Waals surface area contributed by atoms with Gasteiger partial charge >= 0.3 is 0 Å². The molecule has 1 aliphatic rings. The van der Waals surface area contributed by atoms with Crippen LogP contribution in [0.2, 0.25) is 0 Å². The molecule has 30 heavy (non-hydrogen) atoms. The highest BCUT2D eigenvalue weighted by Gasteiger charge is 2.21. The van der Waals surface area contributed by atoms with Crippen molar-refractivity contribution in [2.45, 2.75) is 32.6 Å². The highest BCUT2D eigenvalue weighted by atomic mass is 32.1. The lowest BCUT2D eigenvalue weighted by Gasteiger charge is -2.15. The topological polar surface area (TPSA) is 95.2 Å². The van der Waals surface area contributed by atoms with Crippen LogP contribution in [0.25, 0.3) is 10.2 Å². The monoisotopic (exact) mass is 424 g/mol. The van der Waals surface area contributed by atoms with Crippen LogP contribution in [0.4, 0.5) is 0 Å². The van der Waals surface area contributed by atoms with Gasteiger partial charge in [0.2, 0.25) is 5.91 Å². The SMILES string of the molecule is Cc1c(C(=O)NCCC(=O)N2CCCC2)sc2nc(Cc3ccccc3)[nH]c(=O)c12. The van der Waals surface area contributed by atoms with Crippen LogP contribution in [0.15, 0.2) is 35.1 Å². The maximum atomic E-state index is 12.7. The average Bonchev–Trinajstić information content (AvgIpc) is 3.37. The van der Waals surface area contributed by atoms with Crippen molar-refractivity contribution in [2.75, 3.05) is 19.6 Å². The van der Waals surface area contributed by atoms with Crippen LogP contribution in [0.3, 0.4) is 0 Å². The van der Waals surface area contributed by atoms with E-state index < -0.39 is 0 Å². The van der Waals surface area contributed by atoms with Crippen molar-refractivity contribution in [1.82, 2.24) is 20.2 Å². The summed E-state index contributed by atoms with van der Waals surface area (Å²) in [7, 11) is 0. The number of likely N-dealkylation sites (tertiary alicyclic amines) is 1. The number of aromatic amines is 1. The lowest BCUT2D eigenvalue weighted by Crippen LogP contribution is -2.32. The maximum Gasteiger partial charge on any atom is 0.261 e. The molecule has 0 bridgehead atoms. The normalized spacial score (nSPS) is 13.7. The van der Waals surface area contributed by atoms with Crippen molar-refractivity contribution >= 4 is 33.4 Å². The van der Waals surface area contributed by atoms with Crippen molar-refractivity contribution in [1.29, 1.82) is 0 Å². The molecule has 7 nitrogen and oxygen atoms in total. The van der Waals surface area contributed by atoms with Gasteiger partial charge in [-0.15, -0.1) is 11.3 Å². The Kier molecular flexibility index (Phi) is 5.94. The van der Waals surface area contributed by atoms with Crippen LogP contribution in [-0.2, 0) is 11.2 Å². The van der Waals surface area contributed by atoms with Crippen LogP contribution in [0, 0.1) is 6.92 Å². The second-order valence-corrected chi connectivity index (χ2v) is 8.50. The summed E-state index contributed by atoms with van der Waals surface area (Å²) >= 11 is 1.22. The lowest BCUT2D eigenvalue weighted by atomic mass is 10.1. The van der Waals surface area contributed by atoms with Gasteiger partial charge in [-0.05, 0) is 30.9 Å². The number of nitrogens with zero attached hydrogens (tertiary/aromatic N) is 2. The van der Waals surface area contributed by atoms with E-state index in [1.165, 1.54) is 11.3 Å². The third-order valence-electron chi connectivity index (χ3n) is 5.35. The number of rotatable bonds is 6. The molecule has 2 amide bonds. The van der Waals surface area contributed by atoms with Crippen LogP contribution in [0.1, 0.15) is 45.9 Å². The van der Waals surface area contributed by atoms with E-state index in [4.69, 9.17) is 0 Å². The van der Waals surface area contributed by atoms with E-state index in [1.807, 2.05) is 35.2 Å². The largest absolute Gasteiger partial charge is 0.351 e. The third-order valence-corrected chi connectivity index (χ3v) is 6.54. The molecule has 0 aliphatic carbocycles. The van der Waals surface area contributed by atoms with Gasteiger partial charge in [-0.25, -0.2) is 4.98 Å². The number of thiophene rings is 1. The fraction of sp³-hybridized carbons (Fsp3) is 0.364. The molecule has 0 radical (unpaired) electrons. The Balaban J connectivity index is 1.47. The minimum absolute atomic E-state index is 0.0736. The number of H-pyrrole nitrogens is 1. The summed E-state index contributed by atoms with van der Waals surface area (Å²) in [6, 6.07) is 9.78. The number of hydrogen-bond acceptors (Lipinski definition) is 5. The zero-order chi connectivity index (χ0) is 21.1. The molecule has 1 aromatic carbocycles. The number of aryl methyl sites for hydroxylation is 1. The van der Waals surface area contributed by atoms with E-state index in [2.05, 4.69) is 15.3 Å². The fourth-order valence-corrected chi connectivity index (χ4v) is 4.88. The Bertz CT molecular complexity index is 1130. The molecular weight excluding hydrogens is 400 g/mol. The Morgan fingerprint density at radius 3 is 2.67 bits per heavy atom. The second-order valence-electron chi connectivity index (χ2n) is 7.51. The van der Waals surface area contributed by atoms with Crippen LogP contribution in [0.5, 0.6) is 0 Å². The Morgan fingerprint density at radius 2 is 1.93 bits per heavy atom. The number of carbonyl (C=O) groups is 2. The first-order chi connectivity index (χ1) is 14.5. The Hall–Kier alpha value is -3.00. The standard InChI is InChI=1S/C22H24N4O3S/c1-14-18-20(28)24-16(13-15-7-3-2-4-8-15)25-22(18)30-19(14)21(29)23-10-9-17(27)26-11-5-6-12-26/h2-4,7-8H,5-6,9-13H2,1H3,(H,23,29)(H,24,25,28). The molecule has 1 fully saturated rings. The zero-order valence-corrected chi connectivity index (χ0v) is 17.7. The van der Waals surface area contributed by atoms with Crippen molar-refractivity contribution in [3.63, 3.8) is 0 Å². The summed E-state index contributed by atoms with van der Waals surface area (Å²) in [5.41, 5.74) is 1.44. The quantitative estimate of drug-likeness (QED) is 0.636. The molecule has 1 saturated heterocycles. The zero-order valence-electron chi connectivity index (χ0n) is 16.9. The number of fused-ring (bicyclic) bond motifs is 1. The molecule has 0 unspecified atom stereocenters. The molecule has 2 N–H and O–H groups in total. The molecular formula is C22H24N4O3S. The smallest absolute Gasteiger partial charge is 0.261 e. The molecule has 3 heterocycles. The molecule has 1 aliphatic heterocycles. The number of benzene rings is 1. The number of amides is 2. The van der Waals surface area contributed by atoms with E-state index in [-0.39, 0.29) is 30.3 Å². The van der Waals surface area contributed by atoms with Crippen molar-refractivity contribution in [3.05, 3.63) is 62.5 Å². The highest BCUT2D eigenvalue weighted by molar-refractivity contribution is 7.20. The number of nitrogens with one attached hydrogen (secondary N) is 2. The lowest BCUT2D eigenvalue weighted by molar-refractivity contribution is -0.129. The molecule has 156 valence electrons. The Labute approximate surface area is 178 Å². The van der Waals surface area contributed by atoms with Gasteiger partial charge in [-0.2, -0.15) is 0 Å². The highest BCUT2D eigenvalue weighted by Crippen LogP contribution is 2.27. The number of aromatic nitrogens is 2. The van der Waals surface area contributed by atoms with E-state index in [9.17, 15) is 14.4 Å². The summed E-state index contributed by atoms with van der Waals surface area (Å²) in [5, 5.41) is 3.27. The summed E-state index contributed by atoms with van der Waals surface area (Å²) < 4.78 is 0. The average molecular weight is 425 g/mol. The van der Waals surface area contributed by atoms with Gasteiger partial charge in [0, 0.05) is 32.5 Å². The van der Waals surface area contributed by atoms with Gasteiger partial charge in [-0.3, -0.25) is 14.4 Å². The van der Waals surface area contributed by atoms with E-state index >= 15 is 0 Å². The van der Waals surface area contributed by atoms with E-state index in [0.29, 0.717) is 32.9 Å². The predicted molar refractivity (Wildman–Crippen MR) is 117 cm³/mol. The van der Waals surface area contributed by atoms with Gasteiger partial charge in [0.15, 0.2) is 0 Å². The van der Waals surface area contributed by atoms with Gasteiger partial charge in [0.1, 0.15) is 10.7 Å². The first-order valence-corrected chi connectivity index (χ1v) is 11.0. The minimum Gasteiger partial charge on any atom is -0.351 e. The molecule has 0 atom stereocenters. The van der Waals surface area contributed by atoms with Crippen molar-refractivity contribution in [3.8, 4) is 0 Å². The molecule has 4 rings (SSSR count). The van der Waals surface area contributed by atoms with Crippen LogP contribution in [-0.4, -0.2) is 46.3 Å². The molecule has 3 aromatic rings.